The molecule has 2 unspecified atom stereocenters. The lowest BCUT2D eigenvalue weighted by atomic mass is 9.97. The van der Waals surface area contributed by atoms with Crippen molar-refractivity contribution < 1.29 is 26.4 Å². The van der Waals surface area contributed by atoms with Crippen LogP contribution in [0.5, 0.6) is 0 Å². The van der Waals surface area contributed by atoms with Crippen LogP contribution in [0.4, 0.5) is 8.78 Å². The molecule has 2 heterocycles. The van der Waals surface area contributed by atoms with E-state index >= 15 is 0 Å². The van der Waals surface area contributed by atoms with Crippen molar-refractivity contribution in [2.45, 2.75) is 10.8 Å². The molecule has 1 aliphatic rings. The van der Waals surface area contributed by atoms with Crippen LogP contribution < -0.4 is 0 Å². The van der Waals surface area contributed by atoms with Gasteiger partial charge in [0, 0.05) is 37.7 Å². The van der Waals surface area contributed by atoms with Crippen LogP contribution in [-0.4, -0.2) is 49.7 Å². The van der Waals surface area contributed by atoms with E-state index in [-0.39, 0.29) is 25.6 Å². The molecule has 2 atom stereocenters. The van der Waals surface area contributed by atoms with Gasteiger partial charge < -0.3 is 9.15 Å². The molecule has 1 fully saturated rings. The highest BCUT2D eigenvalue weighted by Gasteiger charge is 2.42. The van der Waals surface area contributed by atoms with E-state index in [1.807, 2.05) is 30.3 Å². The molecule has 30 heavy (non-hydrogen) atoms. The Hall–Kier alpha value is -2.69. The first-order chi connectivity index (χ1) is 14.4. The van der Waals surface area contributed by atoms with Crippen molar-refractivity contribution in [3.63, 3.8) is 0 Å². The lowest BCUT2D eigenvalue weighted by Crippen LogP contribution is -2.29. The van der Waals surface area contributed by atoms with Crippen molar-refractivity contribution in [2.24, 2.45) is 5.92 Å². The summed E-state index contributed by atoms with van der Waals surface area (Å²) < 4.78 is 65.3. The third-order valence-electron chi connectivity index (χ3n) is 5.04. The van der Waals surface area contributed by atoms with Gasteiger partial charge in [0.25, 0.3) is 0 Å². The summed E-state index contributed by atoms with van der Waals surface area (Å²) in [5.74, 6) is -1.96. The minimum Gasteiger partial charge on any atom is -0.420 e. The van der Waals surface area contributed by atoms with Gasteiger partial charge in [0.1, 0.15) is 11.6 Å². The third-order valence-corrected chi connectivity index (χ3v) is 6.85. The molecule has 10 heteroatoms. The maximum Gasteiger partial charge on any atom is 0.247 e. The standard InChI is InChI=1S/C20H19F2N3O4S/c1-28-12-14-10-25(30(26,27)17-8-15(21)7-16(22)9-17)11-18(14)20-24-23-19(29-20)13-5-3-2-4-6-13/h2-9,14,18H,10-12H2,1H3. The summed E-state index contributed by atoms with van der Waals surface area (Å²) in [5, 5.41) is 8.18. The number of sulfonamides is 1. The first-order valence-corrected chi connectivity index (χ1v) is 10.7. The number of halogens is 2. The number of nitrogens with zero attached hydrogens (tertiary/aromatic N) is 3. The van der Waals surface area contributed by atoms with Crippen molar-refractivity contribution in [3.05, 3.63) is 66.1 Å². The quantitative estimate of drug-likeness (QED) is 0.592. The highest BCUT2D eigenvalue weighted by Crippen LogP contribution is 2.36. The molecule has 158 valence electrons. The summed E-state index contributed by atoms with van der Waals surface area (Å²) in [6.07, 6.45) is 0. The predicted molar refractivity (Wildman–Crippen MR) is 103 cm³/mol. The van der Waals surface area contributed by atoms with Gasteiger partial charge in [-0.1, -0.05) is 18.2 Å². The Morgan fingerprint density at radius 3 is 2.47 bits per heavy atom. The fraction of sp³-hybridized carbons (Fsp3) is 0.300. The number of methoxy groups -OCH3 is 1. The topological polar surface area (TPSA) is 85.5 Å². The zero-order valence-corrected chi connectivity index (χ0v) is 16.9. The van der Waals surface area contributed by atoms with E-state index < -0.39 is 32.5 Å². The summed E-state index contributed by atoms with van der Waals surface area (Å²) in [7, 11) is -2.60. The van der Waals surface area contributed by atoms with E-state index in [9.17, 15) is 17.2 Å². The van der Waals surface area contributed by atoms with E-state index in [4.69, 9.17) is 9.15 Å². The van der Waals surface area contributed by atoms with Crippen LogP contribution in [0, 0.1) is 17.6 Å². The van der Waals surface area contributed by atoms with Gasteiger partial charge in [-0.15, -0.1) is 10.2 Å². The zero-order chi connectivity index (χ0) is 21.3. The lowest BCUT2D eigenvalue weighted by molar-refractivity contribution is 0.147. The van der Waals surface area contributed by atoms with Crippen LogP contribution in [0.15, 0.2) is 57.8 Å². The zero-order valence-electron chi connectivity index (χ0n) is 16.0. The van der Waals surface area contributed by atoms with Gasteiger partial charge in [0.05, 0.1) is 17.4 Å². The van der Waals surface area contributed by atoms with E-state index in [1.54, 1.807) is 0 Å². The molecule has 0 spiro atoms. The third kappa shape index (κ3) is 3.98. The normalized spacial score (nSPS) is 20.0. The maximum atomic E-state index is 13.6. The average molecular weight is 435 g/mol. The molecule has 1 saturated heterocycles. The highest BCUT2D eigenvalue weighted by atomic mass is 32.2. The summed E-state index contributed by atoms with van der Waals surface area (Å²) in [4.78, 5) is -0.438. The number of hydrogen-bond acceptors (Lipinski definition) is 6. The molecule has 0 bridgehead atoms. The van der Waals surface area contributed by atoms with Crippen LogP contribution in [0.25, 0.3) is 11.5 Å². The van der Waals surface area contributed by atoms with Gasteiger partial charge in [-0.3, -0.25) is 0 Å². The molecule has 0 aliphatic carbocycles. The van der Waals surface area contributed by atoms with Gasteiger partial charge in [0.15, 0.2) is 0 Å². The van der Waals surface area contributed by atoms with Gasteiger partial charge in [-0.2, -0.15) is 4.31 Å². The van der Waals surface area contributed by atoms with E-state index in [1.165, 1.54) is 11.4 Å². The van der Waals surface area contributed by atoms with Crippen LogP contribution in [-0.2, 0) is 14.8 Å². The Morgan fingerprint density at radius 1 is 1.10 bits per heavy atom. The van der Waals surface area contributed by atoms with Crippen LogP contribution in [0.1, 0.15) is 11.8 Å². The Bertz CT molecular complexity index is 1120. The fourth-order valence-corrected chi connectivity index (χ4v) is 5.16. The molecule has 4 rings (SSSR count). The van der Waals surface area contributed by atoms with E-state index in [0.29, 0.717) is 17.8 Å². The molecule has 0 radical (unpaired) electrons. The summed E-state index contributed by atoms with van der Waals surface area (Å²) in [5.41, 5.74) is 0.747. The molecule has 0 N–H and O–H groups in total. The number of aromatic nitrogens is 2. The Morgan fingerprint density at radius 2 is 1.80 bits per heavy atom. The second-order valence-corrected chi connectivity index (χ2v) is 9.00. The summed E-state index contributed by atoms with van der Waals surface area (Å²) >= 11 is 0. The Balaban J connectivity index is 1.63. The van der Waals surface area contributed by atoms with Crippen molar-refractivity contribution in [3.8, 4) is 11.5 Å². The Labute approximate surface area is 172 Å². The molecule has 0 saturated carbocycles. The average Bonchev–Trinajstić information content (AvgIpc) is 3.36. The molecule has 2 aromatic carbocycles. The van der Waals surface area contributed by atoms with Crippen LogP contribution in [0.2, 0.25) is 0 Å². The lowest BCUT2D eigenvalue weighted by Gasteiger charge is -2.16. The fourth-order valence-electron chi connectivity index (χ4n) is 3.60. The first kappa shape index (κ1) is 20.6. The second kappa shape index (κ2) is 8.21. The van der Waals surface area contributed by atoms with Crippen LogP contribution in [0.3, 0.4) is 0 Å². The monoisotopic (exact) mass is 435 g/mol. The molecular formula is C20H19F2N3O4S. The SMILES string of the molecule is COCC1CN(S(=O)(=O)c2cc(F)cc(F)c2)CC1c1nnc(-c2ccccc2)o1. The molecule has 7 nitrogen and oxygen atoms in total. The smallest absolute Gasteiger partial charge is 0.247 e. The molecule has 1 aromatic heterocycles. The van der Waals surface area contributed by atoms with Gasteiger partial charge in [-0.05, 0) is 24.3 Å². The van der Waals surface area contributed by atoms with Crippen molar-refractivity contribution in [1.29, 1.82) is 0 Å². The first-order valence-electron chi connectivity index (χ1n) is 9.22. The van der Waals surface area contributed by atoms with Gasteiger partial charge in [-0.25, -0.2) is 17.2 Å². The number of rotatable bonds is 6. The van der Waals surface area contributed by atoms with Crippen molar-refractivity contribution in [2.75, 3.05) is 26.8 Å². The molecule has 1 aliphatic heterocycles. The van der Waals surface area contributed by atoms with Crippen molar-refractivity contribution in [1.82, 2.24) is 14.5 Å². The van der Waals surface area contributed by atoms with Gasteiger partial charge in [0.2, 0.25) is 21.8 Å². The summed E-state index contributed by atoms with van der Waals surface area (Å²) in [6.45, 7) is 0.393. The maximum absolute atomic E-state index is 13.6. The highest BCUT2D eigenvalue weighted by molar-refractivity contribution is 7.89. The Kier molecular flexibility index (Phi) is 5.63. The number of benzene rings is 2. The molecular weight excluding hydrogens is 416 g/mol. The predicted octanol–water partition coefficient (Wildman–Crippen LogP) is 3.07. The molecule has 3 aromatic rings. The summed E-state index contributed by atoms with van der Waals surface area (Å²) in [6, 6.07) is 11.4. The van der Waals surface area contributed by atoms with Crippen LogP contribution >= 0.6 is 0 Å². The minimum absolute atomic E-state index is 0.0327. The number of ether oxygens (including phenoxy) is 1. The molecule has 0 amide bonds. The second-order valence-electron chi connectivity index (χ2n) is 7.06. The number of hydrogen-bond donors (Lipinski definition) is 0. The van der Waals surface area contributed by atoms with Gasteiger partial charge >= 0.3 is 0 Å². The largest absolute Gasteiger partial charge is 0.420 e. The van der Waals surface area contributed by atoms with E-state index in [0.717, 1.165) is 17.7 Å². The van der Waals surface area contributed by atoms with E-state index in [2.05, 4.69) is 10.2 Å². The minimum atomic E-state index is -4.11. The van der Waals surface area contributed by atoms with Crippen molar-refractivity contribution >= 4 is 10.0 Å².